The van der Waals surface area contributed by atoms with Gasteiger partial charge in [0.25, 0.3) is 0 Å². The average molecular weight is 147 g/mol. The highest BCUT2D eigenvalue weighted by atomic mass is 32.2. The van der Waals surface area contributed by atoms with E-state index in [1.807, 2.05) is 0 Å². The van der Waals surface area contributed by atoms with E-state index in [0.29, 0.717) is 4.75 Å². The first kappa shape index (κ1) is 6.36. The van der Waals surface area contributed by atoms with Gasteiger partial charge in [0, 0.05) is 11.3 Å². The Labute approximate surface area is 59.2 Å². The lowest BCUT2D eigenvalue weighted by atomic mass is 10.2. The van der Waals surface area contributed by atoms with Gasteiger partial charge in [0.05, 0.1) is 0 Å². The summed E-state index contributed by atoms with van der Waals surface area (Å²) in [5, 5.41) is 3.10. The summed E-state index contributed by atoms with van der Waals surface area (Å²) in [6.07, 6.45) is 0. The minimum Gasteiger partial charge on any atom is -0.370 e. The molecule has 3 heteroatoms. The average Bonchev–Trinajstić information content (AvgIpc) is 1.82. The molecular formula is C5H9NS2. The molecule has 46 valence electrons. The van der Waals surface area contributed by atoms with Crippen LogP contribution in [0.15, 0.2) is 0 Å². The van der Waals surface area contributed by atoms with Crippen molar-refractivity contribution in [2.45, 2.75) is 18.6 Å². The molecular weight excluding hydrogens is 138 g/mol. The van der Waals surface area contributed by atoms with E-state index >= 15 is 0 Å². The van der Waals surface area contributed by atoms with E-state index < -0.39 is 0 Å². The third kappa shape index (κ3) is 1.36. The molecule has 1 nitrogen and oxygen atoms in total. The summed E-state index contributed by atoms with van der Waals surface area (Å²) in [5.74, 6) is 0. The van der Waals surface area contributed by atoms with Crippen molar-refractivity contribution in [3.63, 3.8) is 0 Å². The fraction of sp³-hybridized carbons (Fsp3) is 0.800. The van der Waals surface area contributed by atoms with Crippen molar-refractivity contribution in [2.24, 2.45) is 0 Å². The molecule has 0 spiro atoms. The van der Waals surface area contributed by atoms with Crippen LogP contribution < -0.4 is 5.32 Å². The van der Waals surface area contributed by atoms with Crippen molar-refractivity contribution in [3.8, 4) is 0 Å². The van der Waals surface area contributed by atoms with Gasteiger partial charge in [-0.05, 0) is 13.8 Å². The second-order valence-electron chi connectivity index (χ2n) is 2.50. The topological polar surface area (TPSA) is 12.0 Å². The number of thioether (sulfide) groups is 1. The van der Waals surface area contributed by atoms with Crippen molar-refractivity contribution in [2.75, 3.05) is 6.54 Å². The Morgan fingerprint density at radius 3 is 2.50 bits per heavy atom. The van der Waals surface area contributed by atoms with Crippen molar-refractivity contribution in [1.82, 2.24) is 5.32 Å². The van der Waals surface area contributed by atoms with Crippen LogP contribution in [-0.2, 0) is 0 Å². The summed E-state index contributed by atoms with van der Waals surface area (Å²) in [7, 11) is 0. The van der Waals surface area contributed by atoms with Crippen molar-refractivity contribution < 1.29 is 0 Å². The summed E-state index contributed by atoms with van der Waals surface area (Å²) in [6.45, 7) is 5.38. The molecule has 0 amide bonds. The first-order chi connectivity index (χ1) is 3.60. The van der Waals surface area contributed by atoms with Gasteiger partial charge in [-0.25, -0.2) is 0 Å². The summed E-state index contributed by atoms with van der Waals surface area (Å²) < 4.78 is 1.27. The Kier molecular flexibility index (Phi) is 1.50. The summed E-state index contributed by atoms with van der Waals surface area (Å²) in [6, 6.07) is 0. The molecule has 0 bridgehead atoms. The van der Waals surface area contributed by atoms with Gasteiger partial charge in [0.15, 0.2) is 0 Å². The zero-order valence-corrected chi connectivity index (χ0v) is 6.66. The minimum absolute atomic E-state index is 0.330. The van der Waals surface area contributed by atoms with Crippen molar-refractivity contribution in [3.05, 3.63) is 0 Å². The summed E-state index contributed by atoms with van der Waals surface area (Å²) in [5.41, 5.74) is 0. The van der Waals surface area contributed by atoms with Crippen LogP contribution in [0.2, 0.25) is 0 Å². The second kappa shape index (κ2) is 1.88. The van der Waals surface area contributed by atoms with E-state index in [0.717, 1.165) is 10.9 Å². The van der Waals surface area contributed by atoms with E-state index in [-0.39, 0.29) is 0 Å². The number of hydrogen-bond acceptors (Lipinski definition) is 2. The Bertz CT molecular complexity index is 120. The Morgan fingerprint density at radius 1 is 1.75 bits per heavy atom. The smallest absolute Gasteiger partial charge is 0.134 e. The van der Waals surface area contributed by atoms with Crippen LogP contribution >= 0.6 is 24.0 Å². The maximum atomic E-state index is 4.92. The maximum Gasteiger partial charge on any atom is 0.134 e. The Morgan fingerprint density at radius 2 is 2.38 bits per heavy atom. The minimum atomic E-state index is 0.330. The van der Waals surface area contributed by atoms with Gasteiger partial charge < -0.3 is 5.32 Å². The van der Waals surface area contributed by atoms with Gasteiger partial charge in [-0.3, -0.25) is 0 Å². The van der Waals surface area contributed by atoms with Crippen LogP contribution in [0.25, 0.3) is 0 Å². The van der Waals surface area contributed by atoms with Gasteiger partial charge in [0.1, 0.15) is 4.32 Å². The van der Waals surface area contributed by atoms with E-state index in [1.54, 1.807) is 11.8 Å². The van der Waals surface area contributed by atoms with Crippen LogP contribution in [-0.4, -0.2) is 15.6 Å². The highest BCUT2D eigenvalue weighted by molar-refractivity contribution is 8.24. The SMILES string of the molecule is CC1(C)CNC(=S)S1. The molecule has 0 aromatic rings. The van der Waals surface area contributed by atoms with E-state index in [2.05, 4.69) is 19.2 Å². The first-order valence-corrected chi connectivity index (χ1v) is 3.79. The first-order valence-electron chi connectivity index (χ1n) is 2.57. The normalized spacial score (nSPS) is 25.5. The molecule has 0 unspecified atom stereocenters. The lowest BCUT2D eigenvalue weighted by molar-refractivity contribution is 0.705. The molecule has 0 aromatic heterocycles. The standard InChI is InChI=1S/C5H9NS2/c1-5(2)3-6-4(7)8-5/h3H2,1-2H3,(H,6,7). The lowest BCUT2D eigenvalue weighted by Crippen LogP contribution is -2.21. The Balaban J connectivity index is 2.56. The van der Waals surface area contributed by atoms with Crippen LogP contribution in [0.5, 0.6) is 0 Å². The third-order valence-corrected chi connectivity index (χ3v) is 2.45. The predicted molar refractivity (Wildman–Crippen MR) is 42.3 cm³/mol. The monoisotopic (exact) mass is 147 g/mol. The summed E-state index contributed by atoms with van der Waals surface area (Å²) >= 11 is 6.66. The fourth-order valence-corrected chi connectivity index (χ4v) is 2.15. The van der Waals surface area contributed by atoms with E-state index in [4.69, 9.17) is 12.2 Å². The fourth-order valence-electron chi connectivity index (χ4n) is 0.608. The lowest BCUT2D eigenvalue weighted by Gasteiger charge is -2.10. The zero-order valence-electron chi connectivity index (χ0n) is 5.02. The molecule has 1 aliphatic heterocycles. The molecule has 0 saturated carbocycles. The maximum absolute atomic E-state index is 4.92. The molecule has 0 radical (unpaired) electrons. The number of rotatable bonds is 0. The Hall–Kier alpha value is 0.240. The molecule has 1 fully saturated rings. The third-order valence-electron chi connectivity index (χ3n) is 1.03. The molecule has 0 aliphatic carbocycles. The number of thiocarbonyl (C=S) groups is 1. The van der Waals surface area contributed by atoms with Crippen LogP contribution in [0.4, 0.5) is 0 Å². The molecule has 1 heterocycles. The van der Waals surface area contributed by atoms with Gasteiger partial charge in [-0.15, -0.1) is 0 Å². The second-order valence-corrected chi connectivity index (χ2v) is 4.89. The van der Waals surface area contributed by atoms with Crippen molar-refractivity contribution in [1.29, 1.82) is 0 Å². The van der Waals surface area contributed by atoms with Gasteiger partial charge in [-0.1, -0.05) is 24.0 Å². The molecule has 1 rings (SSSR count). The van der Waals surface area contributed by atoms with E-state index in [1.165, 1.54) is 0 Å². The predicted octanol–water partition coefficient (Wildman–Crippen LogP) is 1.39. The van der Waals surface area contributed by atoms with Crippen LogP contribution in [0, 0.1) is 0 Å². The zero-order chi connectivity index (χ0) is 6.20. The number of nitrogens with one attached hydrogen (secondary N) is 1. The summed E-state index contributed by atoms with van der Waals surface area (Å²) in [4.78, 5) is 0. The molecule has 0 atom stereocenters. The highest BCUT2D eigenvalue weighted by Crippen LogP contribution is 2.28. The largest absolute Gasteiger partial charge is 0.370 e. The quantitative estimate of drug-likeness (QED) is 0.520. The molecule has 0 aromatic carbocycles. The van der Waals surface area contributed by atoms with Gasteiger partial charge in [0.2, 0.25) is 0 Å². The van der Waals surface area contributed by atoms with E-state index in [9.17, 15) is 0 Å². The van der Waals surface area contributed by atoms with Crippen LogP contribution in [0.1, 0.15) is 13.8 Å². The van der Waals surface area contributed by atoms with Crippen LogP contribution in [0.3, 0.4) is 0 Å². The molecule has 1 saturated heterocycles. The molecule has 8 heavy (non-hydrogen) atoms. The molecule has 1 aliphatic rings. The highest BCUT2D eigenvalue weighted by Gasteiger charge is 2.26. The number of hydrogen-bond donors (Lipinski definition) is 1. The van der Waals surface area contributed by atoms with Crippen molar-refractivity contribution >= 4 is 28.3 Å². The van der Waals surface area contributed by atoms with Gasteiger partial charge in [-0.2, -0.15) is 0 Å². The molecule has 1 N–H and O–H groups in total. The van der Waals surface area contributed by atoms with Gasteiger partial charge >= 0.3 is 0 Å².